The molecule has 23 heavy (non-hydrogen) atoms. The van der Waals surface area contributed by atoms with Crippen LogP contribution in [0.3, 0.4) is 0 Å². The molecule has 1 N–H and O–H groups in total. The molecular formula is C15H13FN3NaO3. The first-order valence-electron chi connectivity index (χ1n) is 6.46. The summed E-state index contributed by atoms with van der Waals surface area (Å²) in [5.74, 6) is -1.46. The van der Waals surface area contributed by atoms with Crippen LogP contribution in [-0.2, 0) is 11.3 Å². The average molecular weight is 325 g/mol. The second-order valence-electron chi connectivity index (χ2n) is 4.67. The van der Waals surface area contributed by atoms with E-state index >= 15 is 0 Å². The smallest absolute Gasteiger partial charge is 1.00 e. The van der Waals surface area contributed by atoms with Gasteiger partial charge in [-0.3, -0.25) is 0 Å². The number of fused-ring (bicyclic) bond motifs is 1. The number of carboxylic acids is 1. The number of aromatic carboxylic acids is 1. The van der Waals surface area contributed by atoms with Gasteiger partial charge in [0.2, 0.25) is 0 Å². The Bertz CT molecular complexity index is 855. The molecule has 8 heteroatoms. The number of hydrogen-bond donors (Lipinski definition) is 1. The van der Waals surface area contributed by atoms with Gasteiger partial charge >= 0.3 is 35.5 Å². The fraction of sp³-hybridized carbons (Fsp3) is 0.133. The summed E-state index contributed by atoms with van der Waals surface area (Å²) < 4.78 is 19.6. The van der Waals surface area contributed by atoms with Crippen molar-refractivity contribution in [2.45, 2.75) is 6.61 Å². The van der Waals surface area contributed by atoms with Crippen LogP contribution in [0.5, 0.6) is 0 Å². The Hall–Kier alpha value is -1.80. The molecule has 0 bridgehead atoms. The Morgan fingerprint density at radius 1 is 1.39 bits per heavy atom. The molecule has 0 aliphatic heterocycles. The van der Waals surface area contributed by atoms with Gasteiger partial charge in [-0.2, -0.15) is 5.10 Å². The monoisotopic (exact) mass is 325 g/mol. The number of benzene rings is 1. The first-order chi connectivity index (χ1) is 10.6. The van der Waals surface area contributed by atoms with E-state index in [1.165, 1.54) is 30.0 Å². The van der Waals surface area contributed by atoms with E-state index in [2.05, 4.69) is 10.1 Å². The van der Waals surface area contributed by atoms with E-state index in [0.29, 0.717) is 17.0 Å². The second-order valence-corrected chi connectivity index (χ2v) is 4.67. The van der Waals surface area contributed by atoms with Gasteiger partial charge in [-0.15, -0.1) is 0 Å². The first-order valence-corrected chi connectivity index (χ1v) is 6.46. The zero-order valence-corrected chi connectivity index (χ0v) is 14.7. The molecule has 0 unspecified atom stereocenters. The molecule has 0 saturated carbocycles. The maximum absolute atomic E-state index is 13.0. The van der Waals surface area contributed by atoms with Crippen LogP contribution in [0.2, 0.25) is 0 Å². The summed E-state index contributed by atoms with van der Waals surface area (Å²) in [4.78, 5) is 15.6. The molecule has 2 aromatic heterocycles. The third kappa shape index (κ3) is 3.42. The molecule has 2 heterocycles. The number of aromatic nitrogens is 3. The van der Waals surface area contributed by atoms with Crippen molar-refractivity contribution in [2.75, 3.05) is 7.11 Å². The van der Waals surface area contributed by atoms with E-state index in [1.807, 2.05) is 0 Å². The Morgan fingerprint density at radius 3 is 2.70 bits per heavy atom. The number of methoxy groups -OCH3 is 1. The van der Waals surface area contributed by atoms with Crippen LogP contribution in [0.15, 0.2) is 36.5 Å². The Kier molecular flexibility index (Phi) is 5.48. The van der Waals surface area contributed by atoms with Crippen LogP contribution in [0.25, 0.3) is 16.9 Å². The Morgan fingerprint density at radius 2 is 2.09 bits per heavy atom. The van der Waals surface area contributed by atoms with Gasteiger partial charge in [-0.05, 0) is 30.3 Å². The minimum Gasteiger partial charge on any atom is -1.00 e. The predicted octanol–water partition coefficient (Wildman–Crippen LogP) is -0.504. The van der Waals surface area contributed by atoms with Gasteiger partial charge in [0.25, 0.3) is 0 Å². The molecule has 0 saturated heterocycles. The third-order valence-corrected chi connectivity index (χ3v) is 3.21. The van der Waals surface area contributed by atoms with Gasteiger partial charge in [0, 0.05) is 12.7 Å². The number of halogens is 1. The van der Waals surface area contributed by atoms with Gasteiger partial charge in [0.1, 0.15) is 11.4 Å². The van der Waals surface area contributed by atoms with Crippen molar-refractivity contribution in [1.29, 1.82) is 0 Å². The van der Waals surface area contributed by atoms with Crippen LogP contribution < -0.4 is 29.6 Å². The molecular weight excluding hydrogens is 312 g/mol. The van der Waals surface area contributed by atoms with Gasteiger partial charge in [0.15, 0.2) is 5.65 Å². The summed E-state index contributed by atoms with van der Waals surface area (Å²) in [6.45, 7) is 0.244. The number of carboxylic acid groups (broad SMARTS) is 1. The van der Waals surface area contributed by atoms with Crippen molar-refractivity contribution < 1.29 is 50.0 Å². The standard InChI is InChI=1S/C15H12FN3O3.Na.H/c1-22-8-11-6-13(9-2-4-10(16)5-3-9)18-14-12(15(20)21)7-17-19(11)14;;/h2-7H,8H2,1H3,(H,20,21);;/q;+1;-1. The summed E-state index contributed by atoms with van der Waals surface area (Å²) >= 11 is 0. The fourth-order valence-corrected chi connectivity index (χ4v) is 2.20. The quantitative estimate of drug-likeness (QED) is 0.654. The summed E-state index contributed by atoms with van der Waals surface area (Å²) in [5.41, 5.74) is 2.09. The molecule has 0 aliphatic rings. The zero-order valence-electron chi connectivity index (χ0n) is 13.7. The summed E-state index contributed by atoms with van der Waals surface area (Å²) in [6, 6.07) is 7.56. The van der Waals surface area contributed by atoms with Crippen LogP contribution >= 0.6 is 0 Å². The molecule has 3 rings (SSSR count). The minimum atomic E-state index is -1.11. The van der Waals surface area contributed by atoms with Crippen molar-refractivity contribution in [2.24, 2.45) is 0 Å². The molecule has 0 amide bonds. The van der Waals surface area contributed by atoms with Crippen LogP contribution in [0, 0.1) is 5.82 Å². The molecule has 1 aromatic carbocycles. The second kappa shape index (κ2) is 7.18. The van der Waals surface area contributed by atoms with Gasteiger partial charge in [-0.25, -0.2) is 18.7 Å². The first kappa shape index (κ1) is 17.6. The maximum atomic E-state index is 13.0. The number of hydrogen-bond acceptors (Lipinski definition) is 4. The van der Waals surface area contributed by atoms with Crippen molar-refractivity contribution in [3.05, 3.63) is 53.6 Å². The van der Waals surface area contributed by atoms with Gasteiger partial charge in [0.05, 0.1) is 24.2 Å². The number of ether oxygens (including phenoxy) is 1. The molecule has 114 valence electrons. The fourth-order valence-electron chi connectivity index (χ4n) is 2.20. The molecule has 0 spiro atoms. The normalized spacial score (nSPS) is 10.5. The molecule has 6 nitrogen and oxygen atoms in total. The van der Waals surface area contributed by atoms with E-state index < -0.39 is 5.97 Å². The Labute approximate surface area is 154 Å². The zero-order chi connectivity index (χ0) is 15.7. The van der Waals surface area contributed by atoms with Crippen molar-refractivity contribution in [1.82, 2.24) is 14.6 Å². The largest absolute Gasteiger partial charge is 1.00 e. The summed E-state index contributed by atoms with van der Waals surface area (Å²) in [6.07, 6.45) is 1.25. The number of carbonyl (C=O) groups is 1. The molecule has 0 fully saturated rings. The van der Waals surface area contributed by atoms with Crippen LogP contribution in [-0.4, -0.2) is 32.8 Å². The number of nitrogens with zero attached hydrogens (tertiary/aromatic N) is 3. The van der Waals surface area contributed by atoms with Crippen LogP contribution in [0.1, 0.15) is 17.5 Å². The maximum Gasteiger partial charge on any atom is 1.00 e. The topological polar surface area (TPSA) is 76.7 Å². The molecule has 0 radical (unpaired) electrons. The third-order valence-electron chi connectivity index (χ3n) is 3.21. The van der Waals surface area contributed by atoms with Gasteiger partial charge < -0.3 is 11.3 Å². The summed E-state index contributed by atoms with van der Waals surface area (Å²) in [5, 5.41) is 13.3. The molecule has 0 aliphatic carbocycles. The Balaban J connectivity index is 0.00000144. The minimum absolute atomic E-state index is 0. The van der Waals surface area contributed by atoms with Gasteiger partial charge in [-0.1, -0.05) is 0 Å². The summed E-state index contributed by atoms with van der Waals surface area (Å²) in [7, 11) is 1.53. The SMILES string of the molecule is COCc1cc(-c2ccc(F)cc2)nc2c(C(=O)O)cnn12.[H-].[Na+]. The van der Waals surface area contributed by atoms with E-state index in [1.54, 1.807) is 18.2 Å². The number of rotatable bonds is 4. The molecule has 0 atom stereocenters. The van der Waals surface area contributed by atoms with Crippen LogP contribution in [0.4, 0.5) is 4.39 Å². The van der Waals surface area contributed by atoms with Crippen molar-refractivity contribution in [3.63, 3.8) is 0 Å². The molecule has 3 aromatic rings. The van der Waals surface area contributed by atoms with E-state index in [0.717, 1.165) is 0 Å². The van der Waals surface area contributed by atoms with Crippen molar-refractivity contribution >= 4 is 11.6 Å². The average Bonchev–Trinajstić information content (AvgIpc) is 2.92. The van der Waals surface area contributed by atoms with E-state index in [9.17, 15) is 14.3 Å². The van der Waals surface area contributed by atoms with E-state index in [-0.39, 0.29) is 54.6 Å². The van der Waals surface area contributed by atoms with Crippen molar-refractivity contribution in [3.8, 4) is 11.3 Å². The van der Waals surface area contributed by atoms with E-state index in [4.69, 9.17) is 4.74 Å². The predicted molar refractivity (Wildman–Crippen MR) is 77.2 cm³/mol.